The quantitative estimate of drug-likeness (QED) is 0.410. The SMILES string of the molecule is C/C=C1/C=Cc2cc(OCCCCCC(=O)NO)ccc2N1. The Morgan fingerprint density at radius 1 is 1.32 bits per heavy atom. The van der Waals surface area contributed by atoms with E-state index in [0.717, 1.165) is 42.0 Å². The van der Waals surface area contributed by atoms with Crippen LogP contribution in [0, 0.1) is 0 Å². The third-order valence-corrected chi connectivity index (χ3v) is 3.50. The van der Waals surface area contributed by atoms with Crippen LogP contribution in [0.2, 0.25) is 0 Å². The lowest BCUT2D eigenvalue weighted by Crippen LogP contribution is -2.17. The number of nitrogens with one attached hydrogen (secondary N) is 2. The average molecular weight is 302 g/mol. The molecule has 0 bridgehead atoms. The highest BCUT2D eigenvalue weighted by Gasteiger charge is 2.07. The maximum Gasteiger partial charge on any atom is 0.243 e. The third kappa shape index (κ3) is 4.63. The first-order valence-corrected chi connectivity index (χ1v) is 7.54. The van der Waals surface area contributed by atoms with Gasteiger partial charge in [-0.15, -0.1) is 0 Å². The van der Waals surface area contributed by atoms with Crippen molar-refractivity contribution in [2.24, 2.45) is 0 Å². The lowest BCUT2D eigenvalue weighted by molar-refractivity contribution is -0.129. The van der Waals surface area contributed by atoms with Gasteiger partial charge in [0.2, 0.25) is 5.91 Å². The van der Waals surface area contributed by atoms with E-state index in [1.807, 2.05) is 37.3 Å². The van der Waals surface area contributed by atoms with Crippen molar-refractivity contribution < 1.29 is 14.7 Å². The van der Waals surface area contributed by atoms with Crippen LogP contribution in [0.15, 0.2) is 36.0 Å². The van der Waals surface area contributed by atoms with E-state index in [-0.39, 0.29) is 5.91 Å². The van der Waals surface area contributed by atoms with Crippen LogP contribution in [-0.2, 0) is 4.79 Å². The number of carbonyl (C=O) groups excluding carboxylic acids is 1. The van der Waals surface area contributed by atoms with E-state index in [0.29, 0.717) is 13.0 Å². The van der Waals surface area contributed by atoms with Crippen LogP contribution in [0.1, 0.15) is 38.2 Å². The lowest BCUT2D eigenvalue weighted by atomic mass is 10.1. The van der Waals surface area contributed by atoms with Gasteiger partial charge < -0.3 is 10.1 Å². The van der Waals surface area contributed by atoms with Gasteiger partial charge in [0.1, 0.15) is 5.75 Å². The molecular weight excluding hydrogens is 280 g/mol. The molecule has 0 unspecified atom stereocenters. The smallest absolute Gasteiger partial charge is 0.243 e. The minimum absolute atomic E-state index is 0.338. The third-order valence-electron chi connectivity index (χ3n) is 3.50. The van der Waals surface area contributed by atoms with Crippen LogP contribution >= 0.6 is 0 Å². The molecule has 1 aromatic carbocycles. The molecular formula is C17H22N2O3. The number of unbranched alkanes of at least 4 members (excludes halogenated alkanes) is 2. The molecule has 3 N–H and O–H groups in total. The number of hydroxylamine groups is 1. The Morgan fingerprint density at radius 2 is 2.18 bits per heavy atom. The molecule has 0 atom stereocenters. The van der Waals surface area contributed by atoms with Crippen LogP contribution < -0.4 is 15.5 Å². The van der Waals surface area contributed by atoms with Gasteiger partial charge in [0.25, 0.3) is 0 Å². The zero-order chi connectivity index (χ0) is 15.8. The number of fused-ring (bicyclic) bond motifs is 1. The summed E-state index contributed by atoms with van der Waals surface area (Å²) < 4.78 is 5.73. The lowest BCUT2D eigenvalue weighted by Gasteiger charge is -2.16. The van der Waals surface area contributed by atoms with E-state index >= 15 is 0 Å². The van der Waals surface area contributed by atoms with Crippen LogP contribution in [-0.4, -0.2) is 17.7 Å². The van der Waals surface area contributed by atoms with Crippen LogP contribution in [0.25, 0.3) is 6.08 Å². The van der Waals surface area contributed by atoms with Crippen molar-refractivity contribution >= 4 is 17.7 Å². The van der Waals surface area contributed by atoms with Gasteiger partial charge >= 0.3 is 0 Å². The summed E-state index contributed by atoms with van der Waals surface area (Å²) in [6, 6.07) is 5.99. The summed E-state index contributed by atoms with van der Waals surface area (Å²) in [5.41, 5.74) is 4.92. The fourth-order valence-corrected chi connectivity index (χ4v) is 2.24. The number of amides is 1. The van der Waals surface area contributed by atoms with Gasteiger partial charge in [-0.1, -0.05) is 12.2 Å². The average Bonchev–Trinajstić information content (AvgIpc) is 2.57. The van der Waals surface area contributed by atoms with E-state index in [4.69, 9.17) is 9.94 Å². The minimum atomic E-state index is -0.338. The number of anilines is 1. The van der Waals surface area contributed by atoms with Crippen LogP contribution in [0.4, 0.5) is 5.69 Å². The Kier molecular flexibility index (Phi) is 6.03. The molecule has 22 heavy (non-hydrogen) atoms. The van der Waals surface area contributed by atoms with Gasteiger partial charge in [-0.25, -0.2) is 5.48 Å². The normalized spacial score (nSPS) is 14.4. The van der Waals surface area contributed by atoms with Gasteiger partial charge in [-0.2, -0.15) is 0 Å². The summed E-state index contributed by atoms with van der Waals surface area (Å²) >= 11 is 0. The molecule has 1 amide bonds. The second-order valence-corrected chi connectivity index (χ2v) is 5.15. The van der Waals surface area contributed by atoms with E-state index in [1.165, 1.54) is 0 Å². The van der Waals surface area contributed by atoms with Crippen molar-refractivity contribution in [1.29, 1.82) is 0 Å². The Morgan fingerprint density at radius 3 is 2.95 bits per heavy atom. The van der Waals surface area contributed by atoms with Gasteiger partial charge in [0.15, 0.2) is 0 Å². The molecule has 0 aliphatic carbocycles. The molecule has 5 nitrogen and oxygen atoms in total. The molecule has 2 rings (SSSR count). The van der Waals surface area contributed by atoms with Crippen molar-refractivity contribution in [1.82, 2.24) is 5.48 Å². The summed E-state index contributed by atoms with van der Waals surface area (Å²) in [6.07, 6.45) is 9.01. The summed E-state index contributed by atoms with van der Waals surface area (Å²) in [5, 5.41) is 11.7. The highest BCUT2D eigenvalue weighted by atomic mass is 16.5. The number of benzene rings is 1. The van der Waals surface area contributed by atoms with Gasteiger partial charge in [0.05, 0.1) is 6.61 Å². The van der Waals surface area contributed by atoms with Crippen LogP contribution in [0.5, 0.6) is 5.75 Å². The first-order valence-electron chi connectivity index (χ1n) is 7.54. The van der Waals surface area contributed by atoms with E-state index in [1.54, 1.807) is 5.48 Å². The molecule has 0 aromatic heterocycles. The molecule has 0 radical (unpaired) electrons. The molecule has 0 spiro atoms. The topological polar surface area (TPSA) is 70.6 Å². The Labute approximate surface area is 130 Å². The molecule has 0 saturated carbocycles. The van der Waals surface area contributed by atoms with E-state index in [2.05, 4.69) is 11.4 Å². The predicted molar refractivity (Wildman–Crippen MR) is 86.7 cm³/mol. The first-order chi connectivity index (χ1) is 10.7. The predicted octanol–water partition coefficient (Wildman–Crippen LogP) is 3.47. The van der Waals surface area contributed by atoms with Gasteiger partial charge in [-0.05, 0) is 50.5 Å². The number of rotatable bonds is 7. The Bertz CT molecular complexity index is 579. The zero-order valence-electron chi connectivity index (χ0n) is 12.8. The van der Waals surface area contributed by atoms with Crippen molar-refractivity contribution in [3.05, 3.63) is 41.6 Å². The fourth-order valence-electron chi connectivity index (χ4n) is 2.24. The number of ether oxygens (including phenoxy) is 1. The number of carbonyl (C=O) groups is 1. The van der Waals surface area contributed by atoms with Gasteiger partial charge in [-0.3, -0.25) is 10.0 Å². The van der Waals surface area contributed by atoms with E-state index < -0.39 is 0 Å². The summed E-state index contributed by atoms with van der Waals surface area (Å²) in [6.45, 7) is 2.62. The fraction of sp³-hybridized carbons (Fsp3) is 0.353. The summed E-state index contributed by atoms with van der Waals surface area (Å²) in [4.78, 5) is 10.8. The second-order valence-electron chi connectivity index (χ2n) is 5.15. The van der Waals surface area contributed by atoms with E-state index in [9.17, 15) is 4.79 Å². The molecule has 1 aromatic rings. The number of allylic oxidation sites excluding steroid dienone is 2. The van der Waals surface area contributed by atoms with Crippen molar-refractivity contribution in [3.8, 4) is 5.75 Å². The maximum atomic E-state index is 10.8. The molecule has 1 heterocycles. The van der Waals surface area contributed by atoms with Crippen molar-refractivity contribution in [2.45, 2.75) is 32.6 Å². The summed E-state index contributed by atoms with van der Waals surface area (Å²) in [5.74, 6) is 0.512. The maximum absolute atomic E-state index is 10.8. The molecule has 0 saturated heterocycles. The monoisotopic (exact) mass is 302 g/mol. The molecule has 5 heteroatoms. The second kappa shape index (κ2) is 8.24. The minimum Gasteiger partial charge on any atom is -0.494 e. The Hall–Kier alpha value is -2.27. The van der Waals surface area contributed by atoms with Crippen LogP contribution in [0.3, 0.4) is 0 Å². The number of hydrogen-bond acceptors (Lipinski definition) is 4. The zero-order valence-corrected chi connectivity index (χ0v) is 12.8. The highest BCUT2D eigenvalue weighted by Crippen LogP contribution is 2.28. The van der Waals surface area contributed by atoms with Crippen molar-refractivity contribution in [2.75, 3.05) is 11.9 Å². The number of hydrogen-bond donors (Lipinski definition) is 3. The summed E-state index contributed by atoms with van der Waals surface area (Å²) in [7, 11) is 0. The molecule has 1 aliphatic rings. The molecule has 0 fully saturated rings. The molecule has 118 valence electrons. The van der Waals surface area contributed by atoms with Gasteiger partial charge in [0, 0.05) is 23.4 Å². The Balaban J connectivity index is 1.74. The largest absolute Gasteiger partial charge is 0.494 e. The van der Waals surface area contributed by atoms with Crippen molar-refractivity contribution in [3.63, 3.8) is 0 Å². The molecule has 1 aliphatic heterocycles. The first kappa shape index (κ1) is 16.1. The standard InChI is InChI=1S/C17H22N2O3/c1-2-14-8-7-13-12-15(9-10-16(13)18-14)22-11-5-3-4-6-17(20)19-21/h2,7-10,12,18,21H,3-6,11H2,1H3,(H,19,20)/b14-2-. The highest BCUT2D eigenvalue weighted by molar-refractivity contribution is 5.75.